The molecule has 0 fully saturated rings. The number of nitrogens with one attached hydrogen (secondary N) is 2. The highest BCUT2D eigenvalue weighted by molar-refractivity contribution is 5.94. The number of hydrogen-bond donors (Lipinski definition) is 2. The average Bonchev–Trinajstić information content (AvgIpc) is 2.94. The van der Waals surface area contributed by atoms with Gasteiger partial charge in [-0.3, -0.25) is 14.6 Å². The Morgan fingerprint density at radius 3 is 2.68 bits per heavy atom. The Balaban J connectivity index is 1.16. The second-order valence-electron chi connectivity index (χ2n) is 9.81. The molecule has 4 rings (SSSR count). The zero-order valence-electron chi connectivity index (χ0n) is 22.2. The van der Waals surface area contributed by atoms with Crippen molar-refractivity contribution in [2.45, 2.75) is 39.8 Å². The molecule has 2 aromatic carbocycles. The molecule has 0 saturated carbocycles. The number of hydrogen-bond acceptors (Lipinski definition) is 5. The summed E-state index contributed by atoms with van der Waals surface area (Å²) in [6.45, 7) is 7.55. The van der Waals surface area contributed by atoms with E-state index in [0.717, 1.165) is 47.3 Å². The molecule has 2 heterocycles. The standard InChI is InChI=1S/C31H36N4O3/c1-23(2)21-34-30(36)26-8-10-28(11-9-26)38-19-5-15-32-22-24-12-16-33-27(20-24)14-18-35-17-13-25-6-3-4-7-29(25)31(35)37/h3-4,6-13,16-17,20,23,32H,5,14-15,18-19,21-22H2,1-2H3,(H,34,36). The zero-order chi connectivity index (χ0) is 26.7. The number of nitrogens with zero attached hydrogens (tertiary/aromatic N) is 2. The molecular weight excluding hydrogens is 476 g/mol. The van der Waals surface area contributed by atoms with Crippen molar-refractivity contribution in [3.05, 3.63) is 106 Å². The van der Waals surface area contributed by atoms with Crippen molar-refractivity contribution in [2.75, 3.05) is 19.7 Å². The fourth-order valence-electron chi connectivity index (χ4n) is 4.14. The molecule has 2 N–H and O–H groups in total. The van der Waals surface area contributed by atoms with Gasteiger partial charge in [-0.05, 0) is 78.4 Å². The highest BCUT2D eigenvalue weighted by Gasteiger charge is 2.07. The summed E-state index contributed by atoms with van der Waals surface area (Å²) >= 11 is 0. The van der Waals surface area contributed by atoms with Crippen molar-refractivity contribution in [1.82, 2.24) is 20.2 Å². The third kappa shape index (κ3) is 7.76. The molecule has 0 spiro atoms. The van der Waals surface area contributed by atoms with Crippen molar-refractivity contribution in [3.8, 4) is 5.75 Å². The summed E-state index contributed by atoms with van der Waals surface area (Å²) in [5.41, 5.74) is 2.80. The van der Waals surface area contributed by atoms with Gasteiger partial charge < -0.3 is 19.9 Å². The van der Waals surface area contributed by atoms with Crippen molar-refractivity contribution in [3.63, 3.8) is 0 Å². The molecule has 0 aliphatic carbocycles. The number of pyridine rings is 2. The van der Waals surface area contributed by atoms with Gasteiger partial charge in [0.1, 0.15) is 5.75 Å². The Morgan fingerprint density at radius 2 is 1.87 bits per heavy atom. The van der Waals surface area contributed by atoms with E-state index in [2.05, 4.69) is 35.5 Å². The number of fused-ring (bicyclic) bond motifs is 1. The van der Waals surface area contributed by atoms with Crippen LogP contribution in [-0.2, 0) is 19.5 Å². The minimum absolute atomic E-state index is 0.0335. The highest BCUT2D eigenvalue weighted by atomic mass is 16.5. The van der Waals surface area contributed by atoms with Gasteiger partial charge in [0.05, 0.1) is 6.61 Å². The molecule has 0 unspecified atom stereocenters. The monoisotopic (exact) mass is 512 g/mol. The van der Waals surface area contributed by atoms with Gasteiger partial charge in [-0.25, -0.2) is 0 Å². The lowest BCUT2D eigenvalue weighted by Crippen LogP contribution is -2.27. The van der Waals surface area contributed by atoms with Crippen LogP contribution in [0, 0.1) is 5.92 Å². The molecule has 38 heavy (non-hydrogen) atoms. The Hall–Kier alpha value is -3.97. The Labute approximate surface area is 223 Å². The number of carbonyl (C=O) groups excluding carboxylic acids is 1. The molecule has 0 aliphatic heterocycles. The summed E-state index contributed by atoms with van der Waals surface area (Å²) in [5.74, 6) is 1.12. The van der Waals surface area contributed by atoms with E-state index >= 15 is 0 Å². The van der Waals surface area contributed by atoms with Crippen molar-refractivity contribution in [2.24, 2.45) is 5.92 Å². The van der Waals surface area contributed by atoms with Crippen LogP contribution in [0.25, 0.3) is 10.8 Å². The van der Waals surface area contributed by atoms with Gasteiger partial charge in [-0.1, -0.05) is 32.0 Å². The quantitative estimate of drug-likeness (QED) is 0.256. The molecule has 0 aliphatic rings. The smallest absolute Gasteiger partial charge is 0.258 e. The van der Waals surface area contributed by atoms with E-state index in [1.807, 2.05) is 60.9 Å². The van der Waals surface area contributed by atoms with Gasteiger partial charge in [0.15, 0.2) is 0 Å². The Morgan fingerprint density at radius 1 is 1.05 bits per heavy atom. The van der Waals surface area contributed by atoms with E-state index in [0.29, 0.717) is 37.6 Å². The van der Waals surface area contributed by atoms with Gasteiger partial charge in [0, 0.05) is 55.1 Å². The zero-order valence-corrected chi connectivity index (χ0v) is 22.2. The molecule has 0 radical (unpaired) electrons. The van der Waals surface area contributed by atoms with E-state index in [4.69, 9.17) is 4.74 Å². The van der Waals surface area contributed by atoms with Gasteiger partial charge in [-0.15, -0.1) is 0 Å². The molecular formula is C31H36N4O3. The number of aromatic nitrogens is 2. The van der Waals surface area contributed by atoms with Crippen molar-refractivity contribution < 1.29 is 9.53 Å². The number of benzene rings is 2. The first-order valence-electron chi connectivity index (χ1n) is 13.2. The summed E-state index contributed by atoms with van der Waals surface area (Å²) in [6.07, 6.45) is 5.24. The van der Waals surface area contributed by atoms with Gasteiger partial charge in [0.2, 0.25) is 0 Å². The van der Waals surface area contributed by atoms with Crippen LogP contribution in [0.5, 0.6) is 5.75 Å². The first-order valence-corrected chi connectivity index (χ1v) is 13.2. The van der Waals surface area contributed by atoms with E-state index in [1.165, 1.54) is 0 Å². The topological polar surface area (TPSA) is 85.2 Å². The van der Waals surface area contributed by atoms with E-state index in [-0.39, 0.29) is 11.5 Å². The normalized spacial score (nSPS) is 11.1. The minimum Gasteiger partial charge on any atom is -0.494 e. The third-order valence-corrected chi connectivity index (χ3v) is 6.26. The molecule has 0 atom stereocenters. The fraction of sp³-hybridized carbons (Fsp3) is 0.323. The molecule has 0 bridgehead atoms. The lowest BCUT2D eigenvalue weighted by Gasteiger charge is -2.10. The van der Waals surface area contributed by atoms with Gasteiger partial charge >= 0.3 is 0 Å². The van der Waals surface area contributed by atoms with Crippen molar-refractivity contribution >= 4 is 16.7 Å². The maximum absolute atomic E-state index is 12.7. The van der Waals surface area contributed by atoms with E-state index < -0.39 is 0 Å². The fourth-order valence-corrected chi connectivity index (χ4v) is 4.14. The molecule has 4 aromatic rings. The SMILES string of the molecule is CC(C)CNC(=O)c1ccc(OCCCNCc2ccnc(CCn3ccc4ccccc4c3=O)c2)cc1. The molecule has 2 aromatic heterocycles. The number of aryl methyl sites for hydroxylation is 2. The summed E-state index contributed by atoms with van der Waals surface area (Å²) in [6, 6.07) is 21.0. The predicted octanol–water partition coefficient (Wildman–Crippen LogP) is 4.58. The van der Waals surface area contributed by atoms with Crippen molar-refractivity contribution in [1.29, 1.82) is 0 Å². The van der Waals surface area contributed by atoms with E-state index in [9.17, 15) is 9.59 Å². The second-order valence-corrected chi connectivity index (χ2v) is 9.81. The Bertz CT molecular complexity index is 1400. The predicted molar refractivity (Wildman–Crippen MR) is 152 cm³/mol. The van der Waals surface area contributed by atoms with E-state index in [1.54, 1.807) is 16.7 Å². The second kappa shape index (κ2) is 13.5. The van der Waals surface area contributed by atoms with Crippen LogP contribution >= 0.6 is 0 Å². The van der Waals surface area contributed by atoms with Gasteiger partial charge in [-0.2, -0.15) is 0 Å². The number of amides is 1. The van der Waals surface area contributed by atoms with Crippen LogP contribution in [0.3, 0.4) is 0 Å². The number of rotatable bonds is 13. The Kier molecular flexibility index (Phi) is 9.65. The number of carbonyl (C=O) groups is 1. The van der Waals surface area contributed by atoms with Crippen LogP contribution in [0.4, 0.5) is 0 Å². The highest BCUT2D eigenvalue weighted by Crippen LogP contribution is 2.13. The van der Waals surface area contributed by atoms with Crippen LogP contribution in [0.15, 0.2) is 83.9 Å². The maximum Gasteiger partial charge on any atom is 0.258 e. The van der Waals surface area contributed by atoms with Crippen LogP contribution in [-0.4, -0.2) is 35.2 Å². The molecule has 198 valence electrons. The van der Waals surface area contributed by atoms with Gasteiger partial charge in [0.25, 0.3) is 11.5 Å². The van der Waals surface area contributed by atoms with Crippen LogP contribution < -0.4 is 20.9 Å². The number of ether oxygens (including phenoxy) is 1. The van der Waals surface area contributed by atoms with Crippen LogP contribution in [0.1, 0.15) is 41.9 Å². The maximum atomic E-state index is 12.7. The third-order valence-electron chi connectivity index (χ3n) is 6.26. The summed E-state index contributed by atoms with van der Waals surface area (Å²) in [7, 11) is 0. The first-order chi connectivity index (χ1) is 18.5. The molecule has 7 heteroatoms. The molecule has 0 saturated heterocycles. The summed E-state index contributed by atoms with van der Waals surface area (Å²) in [4.78, 5) is 29.3. The first kappa shape index (κ1) is 27.1. The summed E-state index contributed by atoms with van der Waals surface area (Å²) < 4.78 is 7.57. The van der Waals surface area contributed by atoms with Crippen LogP contribution in [0.2, 0.25) is 0 Å². The average molecular weight is 513 g/mol. The lowest BCUT2D eigenvalue weighted by atomic mass is 10.1. The minimum atomic E-state index is -0.0590. The molecule has 1 amide bonds. The molecule has 7 nitrogen and oxygen atoms in total. The largest absolute Gasteiger partial charge is 0.494 e. The lowest BCUT2D eigenvalue weighted by molar-refractivity contribution is 0.0949. The summed E-state index contributed by atoms with van der Waals surface area (Å²) in [5, 5.41) is 8.07.